The van der Waals surface area contributed by atoms with Gasteiger partial charge in [0, 0.05) is 40.4 Å². The first kappa shape index (κ1) is 34.9. The van der Waals surface area contributed by atoms with Crippen molar-refractivity contribution in [3.8, 4) is 16.9 Å². The molecule has 1 aromatic heterocycles. The van der Waals surface area contributed by atoms with Crippen LogP contribution in [0, 0.1) is 0 Å². The van der Waals surface area contributed by atoms with Crippen molar-refractivity contribution < 1.29 is 35.9 Å². The van der Waals surface area contributed by atoms with Gasteiger partial charge in [-0.25, -0.2) is 0 Å². The van der Waals surface area contributed by atoms with Gasteiger partial charge in [0.15, 0.2) is 11.6 Å². The van der Waals surface area contributed by atoms with E-state index in [9.17, 15) is 35.9 Å². The van der Waals surface area contributed by atoms with Crippen LogP contribution in [-0.4, -0.2) is 21.8 Å². The minimum Gasteiger partial charge on any atom is -0.309 e. The smallest absolute Gasteiger partial charge is 0.309 e. The number of carbonyl (C=O) groups is 2. The molecule has 0 unspecified atom stereocenters. The molecule has 0 amide bonds. The molecule has 0 saturated heterocycles. The third kappa shape index (κ3) is 5.51. The molecule has 1 aliphatic heterocycles. The minimum atomic E-state index is -4.62. The lowest BCUT2D eigenvalue weighted by atomic mass is 9.68. The molecule has 1 aliphatic carbocycles. The largest absolute Gasteiger partial charge is 0.416 e. The second-order valence-corrected chi connectivity index (χ2v) is 13.6. The van der Waals surface area contributed by atoms with Crippen molar-refractivity contribution in [2.45, 2.75) is 18.3 Å². The maximum absolute atomic E-state index is 14.9. The molecule has 0 radical (unpaired) electrons. The van der Waals surface area contributed by atoms with E-state index < -0.39 is 41.0 Å². The first-order chi connectivity index (χ1) is 26.9. The number of rotatable bonds is 5. The molecule has 1 fully saturated rings. The van der Waals surface area contributed by atoms with Crippen LogP contribution in [0.15, 0.2) is 163 Å². The van der Waals surface area contributed by atoms with Gasteiger partial charge >= 0.3 is 12.4 Å². The average Bonchev–Trinajstić information content (AvgIpc) is 3.71. The van der Waals surface area contributed by atoms with Gasteiger partial charge in [-0.05, 0) is 54.1 Å². The van der Waals surface area contributed by atoms with Crippen LogP contribution in [0.25, 0.3) is 33.4 Å². The average molecular weight is 754 g/mol. The van der Waals surface area contributed by atoms with Gasteiger partial charge in [0.1, 0.15) is 5.92 Å². The van der Waals surface area contributed by atoms with E-state index in [0.29, 0.717) is 55.8 Å². The van der Waals surface area contributed by atoms with Crippen molar-refractivity contribution in [1.82, 2.24) is 9.14 Å². The van der Waals surface area contributed by atoms with Gasteiger partial charge in [0.25, 0.3) is 0 Å². The topological polar surface area (TPSA) is 42.1 Å². The van der Waals surface area contributed by atoms with Gasteiger partial charge < -0.3 is 4.57 Å². The number of halogens is 6. The summed E-state index contributed by atoms with van der Waals surface area (Å²) >= 11 is 0. The van der Waals surface area contributed by atoms with Crippen LogP contribution in [0.4, 0.5) is 37.7 Å². The molecule has 274 valence electrons. The van der Waals surface area contributed by atoms with Crippen molar-refractivity contribution in [2.75, 3.05) is 0 Å². The van der Waals surface area contributed by atoms with E-state index in [4.69, 9.17) is 0 Å². The molecule has 2 aliphatic rings. The Morgan fingerprint density at radius 2 is 1.11 bits per heavy atom. The van der Waals surface area contributed by atoms with Crippen molar-refractivity contribution in [3.05, 3.63) is 191 Å². The summed E-state index contributed by atoms with van der Waals surface area (Å²) in [5, 5.41) is 0.518. The van der Waals surface area contributed by atoms with E-state index in [2.05, 4.69) is 0 Å². The quantitative estimate of drug-likeness (QED) is 0.0577. The fourth-order valence-electron chi connectivity index (χ4n) is 7.94. The number of aromatic nitrogens is 1. The van der Waals surface area contributed by atoms with Crippen LogP contribution in [0.5, 0.6) is 0 Å². The lowest BCUT2D eigenvalue weighted by Crippen LogP contribution is -2.40. The van der Waals surface area contributed by atoms with Gasteiger partial charge in [0.2, 0.25) is 17.1 Å². The monoisotopic (exact) mass is 753 g/mol. The lowest BCUT2D eigenvalue weighted by molar-refractivity contribution is -0.138. The number of ketones is 2. The highest BCUT2D eigenvalue weighted by Crippen LogP contribution is 2.51. The molecule has 4 nitrogen and oxygen atoms in total. The maximum Gasteiger partial charge on any atom is 0.416 e. The summed E-state index contributed by atoms with van der Waals surface area (Å²) in [6.45, 7) is 0. The molecule has 0 bridgehead atoms. The summed E-state index contributed by atoms with van der Waals surface area (Å²) < 4.78 is 87.4. The summed E-state index contributed by atoms with van der Waals surface area (Å²) in [5.41, 5.74) is 2.60. The van der Waals surface area contributed by atoms with Gasteiger partial charge in [0.05, 0.1) is 39.0 Å². The highest BCUT2D eigenvalue weighted by Gasteiger charge is 2.53. The number of hydrogen-bond acceptors (Lipinski definition) is 2. The molecular formula is C46H27F6N2O2+. The van der Waals surface area contributed by atoms with E-state index in [-0.39, 0.29) is 16.9 Å². The highest BCUT2D eigenvalue weighted by atomic mass is 19.4. The Balaban J connectivity index is 1.30. The molecule has 0 spiro atoms. The third-order valence-corrected chi connectivity index (χ3v) is 10.3. The Hall–Kier alpha value is -6.81. The number of benzene rings is 6. The molecule has 2 heterocycles. The predicted molar refractivity (Wildman–Crippen MR) is 203 cm³/mol. The van der Waals surface area contributed by atoms with E-state index in [0.717, 1.165) is 24.3 Å². The molecule has 7 aromatic rings. The fourth-order valence-corrected chi connectivity index (χ4v) is 7.94. The first-order valence-corrected chi connectivity index (χ1v) is 17.6. The van der Waals surface area contributed by atoms with Crippen LogP contribution < -0.4 is 4.58 Å². The zero-order valence-corrected chi connectivity index (χ0v) is 29.1. The molecular weight excluding hydrogens is 727 g/mol. The minimum absolute atomic E-state index is 0.106. The van der Waals surface area contributed by atoms with Crippen LogP contribution in [-0.2, 0) is 21.9 Å². The number of nitrogens with zero attached hydrogens (tertiary/aromatic N) is 2. The standard InChI is InChI=1S/C46H27F6N2O2/c47-45(48,49)29-17-11-19-31(25-29)53-35-23-9-7-21-33(35)37(41(53)27-13-3-1-4-14-27)39-43(55)40(44(39)56)38-34-22-8-10-24-36(34)54(42(38)28-15-5-2-6-16-28)32-20-12-18-30(26-32)46(50,51)52/h1-26,39H/q+1. The normalized spacial score (nSPS) is 15.8. The SMILES string of the molecule is O=C1C(=C2C(c3ccccc3)=[N+](c3cccc(C(F)(F)F)c3)c3ccccc32)C(=O)C1c1c(-c2ccccc2)n(-c2cccc(C(F)(F)F)c2)c2ccccc12. The number of Topliss-reactive ketones (excluding diaryl/α,β-unsaturated/α-hetero) is 2. The number of hydrogen-bond donors (Lipinski definition) is 0. The Labute approximate surface area is 315 Å². The van der Waals surface area contributed by atoms with Crippen LogP contribution in [0.1, 0.15) is 33.7 Å². The first-order valence-electron chi connectivity index (χ1n) is 17.6. The lowest BCUT2D eigenvalue weighted by Gasteiger charge is -2.28. The van der Waals surface area contributed by atoms with Crippen molar-refractivity contribution >= 4 is 45.1 Å². The highest BCUT2D eigenvalue weighted by molar-refractivity contribution is 6.53. The molecule has 0 atom stereocenters. The van der Waals surface area contributed by atoms with Gasteiger partial charge in [-0.2, -0.15) is 30.9 Å². The second-order valence-electron chi connectivity index (χ2n) is 13.6. The number of alkyl halides is 6. The van der Waals surface area contributed by atoms with E-state index in [1.54, 1.807) is 130 Å². The summed E-state index contributed by atoms with van der Waals surface area (Å²) in [6, 6.07) is 41.4. The Morgan fingerprint density at radius 3 is 1.79 bits per heavy atom. The number of carbonyl (C=O) groups excluding carboxylic acids is 2. The van der Waals surface area contributed by atoms with E-state index in [1.165, 1.54) is 12.1 Å². The maximum atomic E-state index is 14.9. The predicted octanol–water partition coefficient (Wildman–Crippen LogP) is 11.4. The van der Waals surface area contributed by atoms with E-state index in [1.807, 2.05) is 0 Å². The van der Waals surface area contributed by atoms with Crippen LogP contribution in [0.2, 0.25) is 0 Å². The zero-order chi connectivity index (χ0) is 38.9. The molecule has 6 aromatic carbocycles. The molecule has 56 heavy (non-hydrogen) atoms. The fraction of sp³-hybridized carbons (Fsp3) is 0.0652. The number of allylic oxidation sites excluding steroid dienone is 2. The summed E-state index contributed by atoms with van der Waals surface area (Å²) in [4.78, 5) is 29.8. The summed E-state index contributed by atoms with van der Waals surface area (Å²) in [6.07, 6.45) is -9.25. The zero-order valence-electron chi connectivity index (χ0n) is 29.1. The van der Waals surface area contributed by atoms with Gasteiger partial charge in [-0.15, -0.1) is 0 Å². The van der Waals surface area contributed by atoms with Crippen molar-refractivity contribution in [3.63, 3.8) is 0 Å². The van der Waals surface area contributed by atoms with Crippen molar-refractivity contribution in [1.29, 1.82) is 0 Å². The third-order valence-electron chi connectivity index (χ3n) is 10.3. The van der Waals surface area contributed by atoms with Crippen LogP contribution in [0.3, 0.4) is 0 Å². The number of fused-ring (bicyclic) bond motifs is 2. The number of para-hydroxylation sites is 2. The Morgan fingerprint density at radius 1 is 0.536 bits per heavy atom. The molecule has 0 N–H and O–H groups in total. The summed E-state index contributed by atoms with van der Waals surface area (Å²) in [5.74, 6) is -2.34. The second kappa shape index (κ2) is 12.9. The summed E-state index contributed by atoms with van der Waals surface area (Å²) in [7, 11) is 0. The van der Waals surface area contributed by atoms with Gasteiger partial charge in [-0.3, -0.25) is 9.59 Å². The Kier molecular flexibility index (Phi) is 8.05. The molecule has 1 saturated carbocycles. The van der Waals surface area contributed by atoms with Crippen molar-refractivity contribution in [2.24, 2.45) is 0 Å². The molecule has 9 rings (SSSR count). The van der Waals surface area contributed by atoms with Crippen LogP contribution >= 0.6 is 0 Å². The van der Waals surface area contributed by atoms with E-state index >= 15 is 0 Å². The Bertz CT molecular complexity index is 2800. The van der Waals surface area contributed by atoms with Gasteiger partial charge in [-0.1, -0.05) is 91.0 Å². The molecule has 10 heteroatoms.